The molecule has 4 nitrogen and oxygen atoms in total. The highest BCUT2D eigenvalue weighted by atomic mass is 32.1. The average Bonchev–Trinajstić information content (AvgIpc) is 2.77. The van der Waals surface area contributed by atoms with Crippen LogP contribution in [0, 0.1) is 5.82 Å². The lowest BCUT2D eigenvalue weighted by molar-refractivity contribution is -0.138. The number of nitrogens with one attached hydrogen (secondary N) is 1. The van der Waals surface area contributed by atoms with E-state index in [0.717, 1.165) is 6.07 Å². The number of hydrogen-bond donors (Lipinski definition) is 1. The van der Waals surface area contributed by atoms with Crippen molar-refractivity contribution in [2.24, 2.45) is 0 Å². The van der Waals surface area contributed by atoms with Crippen molar-refractivity contribution in [1.29, 1.82) is 0 Å². The number of halogens is 4. The molecule has 0 saturated heterocycles. The fourth-order valence-corrected chi connectivity index (χ4v) is 1.80. The molecule has 19 heavy (non-hydrogen) atoms. The van der Waals surface area contributed by atoms with E-state index in [1.807, 2.05) is 0 Å². The molecule has 0 saturated carbocycles. The predicted octanol–water partition coefficient (Wildman–Crippen LogP) is 2.95. The van der Waals surface area contributed by atoms with Gasteiger partial charge < -0.3 is 0 Å². The van der Waals surface area contributed by atoms with Gasteiger partial charge in [-0.1, -0.05) is 23.5 Å². The molecule has 2 aromatic rings. The third-order valence-electron chi connectivity index (χ3n) is 2.01. The van der Waals surface area contributed by atoms with Crippen molar-refractivity contribution >= 4 is 22.4 Å². The van der Waals surface area contributed by atoms with Gasteiger partial charge in [-0.25, -0.2) is 4.39 Å². The van der Waals surface area contributed by atoms with E-state index in [9.17, 15) is 22.4 Å². The van der Waals surface area contributed by atoms with Crippen LogP contribution in [0.4, 0.5) is 22.7 Å². The standard InChI is InChI=1S/C10H5F4N3OS/c11-6-4-2-1-3-5(6)7(18)15-9-17-16-8(19-9)10(12,13)14/h1-4H,(H,15,17,18). The van der Waals surface area contributed by atoms with Gasteiger partial charge in [-0.15, -0.1) is 10.2 Å². The molecule has 1 N–H and O–H groups in total. The Morgan fingerprint density at radius 2 is 1.89 bits per heavy atom. The van der Waals surface area contributed by atoms with Gasteiger partial charge >= 0.3 is 6.18 Å². The van der Waals surface area contributed by atoms with Crippen molar-refractivity contribution in [3.63, 3.8) is 0 Å². The summed E-state index contributed by atoms with van der Waals surface area (Å²) < 4.78 is 50.0. The average molecular weight is 291 g/mol. The first-order valence-electron chi connectivity index (χ1n) is 4.84. The van der Waals surface area contributed by atoms with Crippen molar-refractivity contribution in [1.82, 2.24) is 10.2 Å². The van der Waals surface area contributed by atoms with E-state index in [1.54, 1.807) is 0 Å². The summed E-state index contributed by atoms with van der Waals surface area (Å²) in [4.78, 5) is 11.6. The number of aromatic nitrogens is 2. The van der Waals surface area contributed by atoms with Crippen LogP contribution in [0.5, 0.6) is 0 Å². The summed E-state index contributed by atoms with van der Waals surface area (Å²) in [5, 5.41) is 6.59. The van der Waals surface area contributed by atoms with Crippen LogP contribution in [0.3, 0.4) is 0 Å². The van der Waals surface area contributed by atoms with Gasteiger partial charge in [-0.2, -0.15) is 13.2 Å². The lowest BCUT2D eigenvalue weighted by atomic mass is 10.2. The third kappa shape index (κ3) is 3.05. The summed E-state index contributed by atoms with van der Waals surface area (Å²) in [7, 11) is 0. The number of benzene rings is 1. The number of anilines is 1. The van der Waals surface area contributed by atoms with Gasteiger partial charge in [0.2, 0.25) is 10.1 Å². The maximum Gasteiger partial charge on any atom is 0.445 e. The number of amides is 1. The van der Waals surface area contributed by atoms with Crippen molar-refractivity contribution in [2.75, 3.05) is 5.32 Å². The number of rotatable bonds is 2. The zero-order valence-corrected chi connectivity index (χ0v) is 9.85. The molecule has 1 amide bonds. The topological polar surface area (TPSA) is 54.9 Å². The van der Waals surface area contributed by atoms with Crippen molar-refractivity contribution in [3.8, 4) is 0 Å². The summed E-state index contributed by atoms with van der Waals surface area (Å²) in [6.45, 7) is 0. The molecule has 100 valence electrons. The minimum atomic E-state index is -4.63. The zero-order valence-electron chi connectivity index (χ0n) is 9.03. The Bertz CT molecular complexity index is 611. The van der Waals surface area contributed by atoms with Crippen LogP contribution in [0.25, 0.3) is 0 Å². The first-order valence-corrected chi connectivity index (χ1v) is 5.66. The normalized spacial score (nSPS) is 11.4. The van der Waals surface area contributed by atoms with Crippen LogP contribution in [0.15, 0.2) is 24.3 Å². The number of hydrogen-bond acceptors (Lipinski definition) is 4. The number of nitrogens with zero attached hydrogens (tertiary/aromatic N) is 2. The van der Waals surface area contributed by atoms with E-state index >= 15 is 0 Å². The summed E-state index contributed by atoms with van der Waals surface area (Å²) in [5.41, 5.74) is -0.286. The largest absolute Gasteiger partial charge is 0.445 e. The van der Waals surface area contributed by atoms with E-state index in [4.69, 9.17) is 0 Å². The Hall–Kier alpha value is -2.03. The van der Waals surface area contributed by atoms with E-state index in [1.165, 1.54) is 18.2 Å². The monoisotopic (exact) mass is 291 g/mol. The van der Waals surface area contributed by atoms with E-state index in [-0.39, 0.29) is 22.0 Å². The van der Waals surface area contributed by atoms with Gasteiger partial charge in [0.15, 0.2) is 0 Å². The second-order valence-corrected chi connectivity index (χ2v) is 4.32. The SMILES string of the molecule is O=C(Nc1nnc(C(F)(F)F)s1)c1ccccc1F. The molecule has 0 aliphatic rings. The molecule has 0 bridgehead atoms. The molecule has 1 aromatic heterocycles. The lowest BCUT2D eigenvalue weighted by Crippen LogP contribution is -2.13. The first-order chi connectivity index (χ1) is 8.88. The third-order valence-corrected chi connectivity index (χ3v) is 2.89. The van der Waals surface area contributed by atoms with E-state index in [2.05, 4.69) is 15.5 Å². The first kappa shape index (κ1) is 13.4. The summed E-state index contributed by atoms with van der Waals surface area (Å²) in [5.74, 6) is -1.66. The summed E-state index contributed by atoms with van der Waals surface area (Å²) in [6, 6.07) is 5.09. The second-order valence-electron chi connectivity index (χ2n) is 3.34. The van der Waals surface area contributed by atoms with Gasteiger partial charge in [0.25, 0.3) is 5.91 Å². The molecule has 1 heterocycles. The number of carbonyl (C=O) groups excluding carboxylic acids is 1. The predicted molar refractivity (Wildman–Crippen MR) is 59.3 cm³/mol. The van der Waals surface area contributed by atoms with E-state index < -0.39 is 22.9 Å². The minimum Gasteiger partial charge on any atom is -0.296 e. The van der Waals surface area contributed by atoms with Crippen molar-refractivity contribution in [2.45, 2.75) is 6.18 Å². The zero-order chi connectivity index (χ0) is 14.0. The second kappa shape index (κ2) is 4.92. The van der Waals surface area contributed by atoms with Crippen LogP contribution in [-0.4, -0.2) is 16.1 Å². The molecule has 0 aliphatic carbocycles. The molecule has 0 fully saturated rings. The Kier molecular flexibility index (Phi) is 3.47. The van der Waals surface area contributed by atoms with Crippen LogP contribution in [0.2, 0.25) is 0 Å². The fourth-order valence-electron chi connectivity index (χ4n) is 1.20. The maximum absolute atomic E-state index is 13.3. The van der Waals surface area contributed by atoms with Crippen LogP contribution < -0.4 is 5.32 Å². The quantitative estimate of drug-likeness (QED) is 0.865. The Balaban J connectivity index is 2.16. The molecule has 0 spiro atoms. The Labute approximate surface area is 108 Å². The Morgan fingerprint density at radius 3 is 2.47 bits per heavy atom. The smallest absolute Gasteiger partial charge is 0.296 e. The van der Waals surface area contributed by atoms with Gasteiger partial charge in [0.1, 0.15) is 5.82 Å². The van der Waals surface area contributed by atoms with Crippen LogP contribution in [-0.2, 0) is 6.18 Å². The Morgan fingerprint density at radius 1 is 1.21 bits per heavy atom. The highest BCUT2D eigenvalue weighted by Gasteiger charge is 2.35. The summed E-state index contributed by atoms with van der Waals surface area (Å²) in [6.07, 6.45) is -4.63. The highest BCUT2D eigenvalue weighted by Crippen LogP contribution is 2.33. The highest BCUT2D eigenvalue weighted by molar-refractivity contribution is 7.15. The minimum absolute atomic E-state index is 0.167. The van der Waals surface area contributed by atoms with Gasteiger partial charge in [0, 0.05) is 0 Å². The number of alkyl halides is 3. The molecule has 2 rings (SSSR count). The van der Waals surface area contributed by atoms with Gasteiger partial charge in [0.05, 0.1) is 5.56 Å². The number of carbonyl (C=O) groups is 1. The molecule has 0 atom stereocenters. The summed E-state index contributed by atoms with van der Waals surface area (Å²) >= 11 is 0.167. The molecule has 0 aliphatic heterocycles. The maximum atomic E-state index is 13.3. The molecule has 1 aromatic carbocycles. The molecule has 0 radical (unpaired) electrons. The lowest BCUT2D eigenvalue weighted by Gasteiger charge is -2.02. The van der Waals surface area contributed by atoms with Crippen LogP contribution >= 0.6 is 11.3 Å². The van der Waals surface area contributed by atoms with Crippen molar-refractivity contribution < 1.29 is 22.4 Å². The van der Waals surface area contributed by atoms with E-state index in [0.29, 0.717) is 0 Å². The van der Waals surface area contributed by atoms with Crippen LogP contribution in [0.1, 0.15) is 15.4 Å². The molecule has 0 unspecified atom stereocenters. The molecule has 9 heteroatoms. The molecular weight excluding hydrogens is 286 g/mol. The van der Waals surface area contributed by atoms with Gasteiger partial charge in [-0.05, 0) is 12.1 Å². The van der Waals surface area contributed by atoms with Crippen molar-refractivity contribution in [3.05, 3.63) is 40.7 Å². The fraction of sp³-hybridized carbons (Fsp3) is 0.100. The molecular formula is C10H5F4N3OS. The van der Waals surface area contributed by atoms with Gasteiger partial charge in [-0.3, -0.25) is 10.1 Å².